The number of hydrogen-bond donors (Lipinski definition) is 1. The Bertz CT molecular complexity index is 1160. The van der Waals surface area contributed by atoms with Gasteiger partial charge in [-0.3, -0.25) is 14.9 Å². The lowest BCUT2D eigenvalue weighted by Gasteiger charge is -2.20. The van der Waals surface area contributed by atoms with E-state index in [0.717, 1.165) is 0 Å². The lowest BCUT2D eigenvalue weighted by Crippen LogP contribution is -2.31. The summed E-state index contributed by atoms with van der Waals surface area (Å²) in [6.07, 6.45) is -0.581. The molecule has 1 heterocycles. The summed E-state index contributed by atoms with van der Waals surface area (Å²) >= 11 is 0. The first kappa shape index (κ1) is 22.0. The van der Waals surface area contributed by atoms with Gasteiger partial charge in [0, 0.05) is 5.69 Å². The van der Waals surface area contributed by atoms with E-state index in [1.54, 1.807) is 45.0 Å². The van der Waals surface area contributed by atoms with E-state index in [1.165, 1.54) is 4.90 Å². The molecular weight excluding hydrogens is 416 g/mol. The first-order chi connectivity index (χ1) is 15.7. The van der Waals surface area contributed by atoms with Crippen molar-refractivity contribution in [3.8, 4) is 0 Å². The van der Waals surface area contributed by atoms with E-state index in [4.69, 9.17) is 4.74 Å². The molecular formula is C27H24N2O4. The van der Waals surface area contributed by atoms with Gasteiger partial charge < -0.3 is 4.74 Å². The van der Waals surface area contributed by atoms with Crippen LogP contribution in [0.5, 0.6) is 0 Å². The van der Waals surface area contributed by atoms with Crippen LogP contribution in [-0.4, -0.2) is 23.5 Å². The number of nitrogens with one attached hydrogen (secondary N) is 1. The van der Waals surface area contributed by atoms with Crippen molar-refractivity contribution in [1.82, 2.24) is 0 Å². The number of anilines is 2. The second-order valence-electron chi connectivity index (χ2n) is 8.60. The van der Waals surface area contributed by atoms with E-state index >= 15 is 0 Å². The third-order valence-electron chi connectivity index (χ3n) is 4.98. The molecule has 33 heavy (non-hydrogen) atoms. The number of carbonyl (C=O) groups excluding carboxylic acids is 3. The summed E-state index contributed by atoms with van der Waals surface area (Å²) in [5.41, 5.74) is 2.38. The Morgan fingerprint density at radius 2 is 1.18 bits per heavy atom. The average molecular weight is 440 g/mol. The predicted molar refractivity (Wildman–Crippen MR) is 128 cm³/mol. The first-order valence-corrected chi connectivity index (χ1v) is 10.6. The van der Waals surface area contributed by atoms with Gasteiger partial charge in [-0.05, 0) is 56.2 Å². The van der Waals surface area contributed by atoms with Gasteiger partial charge in [-0.15, -0.1) is 0 Å². The summed E-state index contributed by atoms with van der Waals surface area (Å²) in [6, 6.07) is 24.9. The maximum absolute atomic E-state index is 13.5. The zero-order valence-electron chi connectivity index (χ0n) is 18.7. The fourth-order valence-electron chi connectivity index (χ4n) is 3.62. The molecule has 166 valence electrons. The van der Waals surface area contributed by atoms with Gasteiger partial charge in [0.1, 0.15) is 5.60 Å². The minimum absolute atomic E-state index is 0.364. The van der Waals surface area contributed by atoms with Crippen LogP contribution in [0, 0.1) is 0 Å². The summed E-state index contributed by atoms with van der Waals surface area (Å²) in [4.78, 5) is 40.1. The number of nitrogens with zero attached hydrogens (tertiary/aromatic N) is 1. The highest BCUT2D eigenvalue weighted by atomic mass is 16.6. The van der Waals surface area contributed by atoms with Gasteiger partial charge in [-0.1, -0.05) is 60.7 Å². The molecule has 6 nitrogen and oxygen atoms in total. The van der Waals surface area contributed by atoms with E-state index < -0.39 is 23.5 Å². The lowest BCUT2D eigenvalue weighted by molar-refractivity contribution is -0.119. The monoisotopic (exact) mass is 440 g/mol. The van der Waals surface area contributed by atoms with Gasteiger partial charge in [-0.25, -0.2) is 9.69 Å². The van der Waals surface area contributed by atoms with Crippen molar-refractivity contribution in [1.29, 1.82) is 0 Å². The number of benzene rings is 3. The number of imide groups is 1. The third-order valence-corrected chi connectivity index (χ3v) is 4.98. The highest BCUT2D eigenvalue weighted by Gasteiger charge is 2.40. The van der Waals surface area contributed by atoms with Gasteiger partial charge in [0.05, 0.1) is 16.8 Å². The summed E-state index contributed by atoms with van der Waals surface area (Å²) in [5.74, 6) is -0.782. The molecule has 1 aliphatic rings. The average Bonchev–Trinajstić information content (AvgIpc) is 3.04. The van der Waals surface area contributed by atoms with Gasteiger partial charge >= 0.3 is 6.09 Å². The number of rotatable bonds is 4. The van der Waals surface area contributed by atoms with E-state index in [2.05, 4.69) is 5.32 Å². The molecule has 0 fully saturated rings. The molecule has 1 aliphatic heterocycles. The van der Waals surface area contributed by atoms with Crippen molar-refractivity contribution >= 4 is 40.4 Å². The number of hydrogen-bond acceptors (Lipinski definition) is 4. The molecule has 0 saturated heterocycles. The lowest BCUT2D eigenvalue weighted by atomic mass is 9.96. The molecule has 0 bridgehead atoms. The van der Waals surface area contributed by atoms with Gasteiger partial charge in [0.2, 0.25) is 0 Å². The Labute approximate surface area is 192 Å². The quantitative estimate of drug-likeness (QED) is 0.542. The van der Waals surface area contributed by atoms with E-state index in [0.29, 0.717) is 33.6 Å². The van der Waals surface area contributed by atoms with E-state index in [9.17, 15) is 14.4 Å². The van der Waals surface area contributed by atoms with Crippen LogP contribution in [0.3, 0.4) is 0 Å². The topological polar surface area (TPSA) is 75.7 Å². The zero-order chi connectivity index (χ0) is 23.6. The standard InChI is InChI=1S/C27H24N2O4/c1-27(2,3)33-26(32)28-20-14-16-21(17-15-20)29-24(30)22(18-10-6-4-7-11-18)23(25(29)31)19-12-8-5-9-13-19/h4-17H,1-3H3,(H,28,32). The van der Waals surface area contributed by atoms with Crippen LogP contribution >= 0.6 is 0 Å². The highest BCUT2D eigenvalue weighted by Crippen LogP contribution is 2.38. The normalized spacial score (nSPS) is 14.0. The Morgan fingerprint density at radius 1 is 0.727 bits per heavy atom. The molecule has 3 aromatic rings. The van der Waals surface area contributed by atoms with Crippen molar-refractivity contribution in [2.45, 2.75) is 26.4 Å². The van der Waals surface area contributed by atoms with Crippen molar-refractivity contribution < 1.29 is 19.1 Å². The molecule has 0 aromatic heterocycles. The Balaban J connectivity index is 1.66. The van der Waals surface area contributed by atoms with Gasteiger partial charge in [0.25, 0.3) is 11.8 Å². The van der Waals surface area contributed by atoms with E-state index in [1.807, 2.05) is 60.7 Å². The number of carbonyl (C=O) groups is 3. The highest BCUT2D eigenvalue weighted by molar-refractivity contribution is 6.57. The molecule has 4 rings (SSSR count). The van der Waals surface area contributed by atoms with Crippen molar-refractivity contribution in [3.05, 3.63) is 96.1 Å². The number of ether oxygens (including phenoxy) is 1. The minimum Gasteiger partial charge on any atom is -0.444 e. The maximum Gasteiger partial charge on any atom is 0.412 e. The molecule has 0 atom stereocenters. The summed E-state index contributed by atoms with van der Waals surface area (Å²) in [5, 5.41) is 2.65. The van der Waals surface area contributed by atoms with Crippen LogP contribution in [0.25, 0.3) is 11.1 Å². The van der Waals surface area contributed by atoms with Gasteiger partial charge in [0.15, 0.2) is 0 Å². The second-order valence-corrected chi connectivity index (χ2v) is 8.60. The zero-order valence-corrected chi connectivity index (χ0v) is 18.7. The van der Waals surface area contributed by atoms with Crippen molar-refractivity contribution in [2.75, 3.05) is 10.2 Å². The van der Waals surface area contributed by atoms with E-state index in [-0.39, 0.29) is 0 Å². The van der Waals surface area contributed by atoms with Crippen LogP contribution in [-0.2, 0) is 14.3 Å². The predicted octanol–water partition coefficient (Wildman–Crippen LogP) is 5.52. The third kappa shape index (κ3) is 4.70. The Kier molecular flexibility index (Phi) is 5.84. The SMILES string of the molecule is CC(C)(C)OC(=O)Nc1ccc(N2C(=O)C(c3ccccc3)=C(c3ccccc3)C2=O)cc1. The van der Waals surface area contributed by atoms with Gasteiger partial charge in [-0.2, -0.15) is 0 Å². The molecule has 0 aliphatic carbocycles. The fourth-order valence-corrected chi connectivity index (χ4v) is 3.62. The van der Waals surface area contributed by atoms with Crippen LogP contribution in [0.4, 0.5) is 16.2 Å². The minimum atomic E-state index is -0.619. The molecule has 0 unspecified atom stereocenters. The van der Waals surface area contributed by atoms with Crippen LogP contribution in [0.2, 0.25) is 0 Å². The largest absolute Gasteiger partial charge is 0.444 e. The summed E-state index contributed by atoms with van der Waals surface area (Å²) in [6.45, 7) is 5.34. The fraction of sp³-hybridized carbons (Fsp3) is 0.148. The van der Waals surface area contributed by atoms with Crippen molar-refractivity contribution in [2.24, 2.45) is 0 Å². The first-order valence-electron chi connectivity index (χ1n) is 10.6. The Hall–Kier alpha value is -4.19. The maximum atomic E-state index is 13.5. The Morgan fingerprint density at radius 3 is 1.61 bits per heavy atom. The smallest absolute Gasteiger partial charge is 0.412 e. The molecule has 0 saturated carbocycles. The second kappa shape index (κ2) is 8.74. The number of amides is 3. The molecule has 0 spiro atoms. The molecule has 3 aromatic carbocycles. The molecule has 1 N–H and O–H groups in total. The summed E-state index contributed by atoms with van der Waals surface area (Å²) < 4.78 is 5.26. The summed E-state index contributed by atoms with van der Waals surface area (Å²) in [7, 11) is 0. The molecule has 6 heteroatoms. The van der Waals surface area contributed by atoms with Crippen LogP contribution in [0.1, 0.15) is 31.9 Å². The molecule has 0 radical (unpaired) electrons. The van der Waals surface area contributed by atoms with Crippen LogP contribution < -0.4 is 10.2 Å². The molecule has 3 amide bonds. The van der Waals surface area contributed by atoms with Crippen LogP contribution in [0.15, 0.2) is 84.9 Å². The van der Waals surface area contributed by atoms with Crippen molar-refractivity contribution in [3.63, 3.8) is 0 Å².